The Hall–Kier alpha value is -2.25. The lowest BCUT2D eigenvalue weighted by Crippen LogP contribution is -2.61. The first-order valence-corrected chi connectivity index (χ1v) is 11.7. The fourth-order valence-corrected chi connectivity index (χ4v) is 4.76. The van der Waals surface area contributed by atoms with Crippen molar-refractivity contribution in [3.63, 3.8) is 0 Å². The molecule has 0 spiro atoms. The Labute approximate surface area is 204 Å². The molecule has 1 N–H and O–H groups in total. The van der Waals surface area contributed by atoms with Gasteiger partial charge < -0.3 is 15.0 Å². The highest BCUT2D eigenvalue weighted by Gasteiger charge is 2.40. The van der Waals surface area contributed by atoms with Crippen molar-refractivity contribution in [1.82, 2.24) is 10.2 Å². The first-order valence-electron chi connectivity index (χ1n) is 11.3. The summed E-state index contributed by atoms with van der Waals surface area (Å²) in [5, 5.41) is 3.06. The maximum Gasteiger partial charge on any atom is 0.416 e. The number of alkyl halides is 3. The summed E-state index contributed by atoms with van der Waals surface area (Å²) >= 11 is 5.87. The van der Waals surface area contributed by atoms with E-state index in [2.05, 4.69) is 26.1 Å². The first-order chi connectivity index (χ1) is 15.6. The van der Waals surface area contributed by atoms with Crippen LogP contribution in [-0.2, 0) is 10.9 Å². The van der Waals surface area contributed by atoms with Crippen molar-refractivity contribution in [3.05, 3.63) is 70.2 Å². The van der Waals surface area contributed by atoms with E-state index in [4.69, 9.17) is 16.3 Å². The van der Waals surface area contributed by atoms with Crippen LogP contribution < -0.4 is 5.32 Å². The fourth-order valence-electron chi connectivity index (χ4n) is 4.58. The van der Waals surface area contributed by atoms with Gasteiger partial charge in [-0.25, -0.2) is 4.79 Å². The molecule has 2 aromatic carbocycles. The topological polar surface area (TPSA) is 41.6 Å². The molecule has 1 aliphatic heterocycles. The quantitative estimate of drug-likeness (QED) is 0.464. The smallest absolute Gasteiger partial charge is 0.362 e. The lowest BCUT2D eigenvalue weighted by atomic mass is 9.82. The van der Waals surface area contributed by atoms with Crippen LogP contribution in [0.5, 0.6) is 0 Å². The van der Waals surface area contributed by atoms with E-state index in [1.54, 1.807) is 35.2 Å². The number of likely N-dealkylation sites (tertiary alicyclic amines) is 1. The van der Waals surface area contributed by atoms with Crippen molar-refractivity contribution in [2.45, 2.75) is 65.0 Å². The van der Waals surface area contributed by atoms with Crippen LogP contribution in [0, 0.1) is 5.41 Å². The monoisotopic (exact) mass is 496 g/mol. The van der Waals surface area contributed by atoms with E-state index in [-0.39, 0.29) is 22.0 Å². The summed E-state index contributed by atoms with van der Waals surface area (Å²) in [5.74, 6) is 0. The number of benzene rings is 2. The second-order valence-corrected chi connectivity index (χ2v) is 11.2. The normalized spacial score (nSPS) is 16.2. The molecule has 1 aliphatic rings. The van der Waals surface area contributed by atoms with Gasteiger partial charge in [0.05, 0.1) is 24.8 Å². The summed E-state index contributed by atoms with van der Waals surface area (Å²) in [5.41, 5.74) is -0.568. The zero-order chi connectivity index (χ0) is 25.3. The third-order valence-corrected chi connectivity index (χ3v) is 5.82. The average molecular weight is 497 g/mol. The predicted molar refractivity (Wildman–Crippen MR) is 128 cm³/mol. The number of carbonyl (C=O) groups is 1. The molecule has 0 bridgehead atoms. The minimum Gasteiger partial charge on any atom is -0.362 e. The summed E-state index contributed by atoms with van der Waals surface area (Å²) < 4.78 is 47.6. The number of urea groups is 1. The standard InChI is InChI=1S/C26H32ClF3N2O2/c1-24(2,3)16-25(4,5)31-23(33)32-14-19(15-32)34-22(17-9-7-6-8-10-17)20-12-11-18(27)13-21(20)26(28,29)30/h6-13,19,22H,14-16H2,1-5H3,(H,31,33). The molecular formula is C26H32ClF3N2O2. The van der Waals surface area contributed by atoms with Gasteiger partial charge >= 0.3 is 12.2 Å². The SMILES string of the molecule is CC(C)(C)CC(C)(C)NC(=O)N1CC(OC(c2ccccc2)c2ccc(Cl)cc2C(F)(F)F)C1. The number of nitrogens with one attached hydrogen (secondary N) is 1. The zero-order valence-electron chi connectivity index (χ0n) is 20.2. The van der Waals surface area contributed by atoms with E-state index >= 15 is 0 Å². The fraction of sp³-hybridized carbons (Fsp3) is 0.500. The van der Waals surface area contributed by atoms with Crippen LogP contribution in [0.25, 0.3) is 0 Å². The number of carbonyl (C=O) groups excluding carboxylic acids is 1. The van der Waals surface area contributed by atoms with Crippen LogP contribution >= 0.6 is 11.6 Å². The maximum atomic E-state index is 13.8. The van der Waals surface area contributed by atoms with Gasteiger partial charge in [0.25, 0.3) is 0 Å². The van der Waals surface area contributed by atoms with Crippen molar-refractivity contribution >= 4 is 17.6 Å². The second-order valence-electron chi connectivity index (χ2n) is 10.7. The summed E-state index contributed by atoms with van der Waals surface area (Å²) in [7, 11) is 0. The minimum atomic E-state index is -4.58. The summed E-state index contributed by atoms with van der Waals surface area (Å²) in [6, 6.07) is 12.3. The highest BCUT2D eigenvalue weighted by atomic mass is 35.5. The van der Waals surface area contributed by atoms with E-state index in [0.717, 1.165) is 12.5 Å². The minimum absolute atomic E-state index is 0.00249. The second kappa shape index (κ2) is 9.78. The van der Waals surface area contributed by atoms with Gasteiger partial charge in [0.15, 0.2) is 0 Å². The molecule has 4 nitrogen and oxygen atoms in total. The van der Waals surface area contributed by atoms with Gasteiger partial charge in [0.2, 0.25) is 0 Å². The molecule has 1 heterocycles. The van der Waals surface area contributed by atoms with Gasteiger partial charge in [-0.1, -0.05) is 68.8 Å². The van der Waals surface area contributed by atoms with E-state index in [1.165, 1.54) is 12.1 Å². The molecule has 3 rings (SSSR count). The molecule has 2 amide bonds. The molecule has 0 aliphatic carbocycles. The molecule has 0 saturated carbocycles. The molecule has 1 unspecified atom stereocenters. The van der Waals surface area contributed by atoms with Crippen LogP contribution in [-0.4, -0.2) is 35.7 Å². The molecule has 186 valence electrons. The molecule has 0 radical (unpaired) electrons. The lowest BCUT2D eigenvalue weighted by Gasteiger charge is -2.43. The third-order valence-electron chi connectivity index (χ3n) is 5.59. The Kier molecular flexibility index (Phi) is 7.58. The Morgan fingerprint density at radius 2 is 1.71 bits per heavy atom. The number of nitrogens with zero attached hydrogens (tertiary/aromatic N) is 1. The van der Waals surface area contributed by atoms with Crippen LogP contribution in [0.4, 0.5) is 18.0 Å². The van der Waals surface area contributed by atoms with Crippen LogP contribution in [0.1, 0.15) is 63.8 Å². The van der Waals surface area contributed by atoms with Gasteiger partial charge in [0.1, 0.15) is 6.10 Å². The number of halogens is 4. The van der Waals surface area contributed by atoms with E-state index < -0.39 is 29.5 Å². The van der Waals surface area contributed by atoms with Gasteiger partial charge in [-0.3, -0.25) is 0 Å². The number of rotatable bonds is 6. The molecule has 1 fully saturated rings. The van der Waals surface area contributed by atoms with E-state index in [0.29, 0.717) is 18.7 Å². The van der Waals surface area contributed by atoms with E-state index in [1.807, 2.05) is 13.8 Å². The molecule has 8 heteroatoms. The van der Waals surface area contributed by atoms with Gasteiger partial charge in [-0.2, -0.15) is 13.2 Å². The van der Waals surface area contributed by atoms with Gasteiger partial charge in [-0.15, -0.1) is 0 Å². The summed E-state index contributed by atoms with van der Waals surface area (Å²) in [4.78, 5) is 14.3. The van der Waals surface area contributed by atoms with E-state index in [9.17, 15) is 18.0 Å². The Balaban J connectivity index is 1.75. The Morgan fingerprint density at radius 3 is 2.26 bits per heavy atom. The Bertz CT molecular complexity index is 997. The van der Waals surface area contributed by atoms with Gasteiger partial charge in [-0.05, 0) is 48.9 Å². The Morgan fingerprint density at radius 1 is 1.09 bits per heavy atom. The largest absolute Gasteiger partial charge is 0.416 e. The average Bonchev–Trinajstić information content (AvgIpc) is 2.65. The summed E-state index contributed by atoms with van der Waals surface area (Å²) in [6.07, 6.45) is -5.12. The van der Waals surface area contributed by atoms with Crippen molar-refractivity contribution in [3.8, 4) is 0 Å². The summed E-state index contributed by atoms with van der Waals surface area (Å²) in [6.45, 7) is 10.9. The van der Waals surface area contributed by atoms with Crippen molar-refractivity contribution in [2.24, 2.45) is 5.41 Å². The molecule has 0 aromatic heterocycles. The predicted octanol–water partition coefficient (Wildman–Crippen LogP) is 7.07. The molecule has 1 saturated heterocycles. The number of ether oxygens (including phenoxy) is 1. The van der Waals surface area contributed by atoms with Crippen molar-refractivity contribution in [2.75, 3.05) is 13.1 Å². The maximum absolute atomic E-state index is 13.8. The third kappa shape index (κ3) is 6.89. The first kappa shape index (κ1) is 26.4. The lowest BCUT2D eigenvalue weighted by molar-refractivity contribution is -0.140. The zero-order valence-corrected chi connectivity index (χ0v) is 20.9. The molecule has 34 heavy (non-hydrogen) atoms. The molecular weight excluding hydrogens is 465 g/mol. The molecule has 2 aromatic rings. The van der Waals surface area contributed by atoms with Crippen LogP contribution in [0.3, 0.4) is 0 Å². The number of hydrogen-bond acceptors (Lipinski definition) is 2. The molecule has 1 atom stereocenters. The highest BCUT2D eigenvalue weighted by Crippen LogP contribution is 2.40. The van der Waals surface area contributed by atoms with Gasteiger partial charge in [0, 0.05) is 10.6 Å². The number of hydrogen-bond donors (Lipinski definition) is 1. The highest BCUT2D eigenvalue weighted by molar-refractivity contribution is 6.30. The number of amides is 2. The van der Waals surface area contributed by atoms with Crippen molar-refractivity contribution in [1.29, 1.82) is 0 Å². The van der Waals surface area contributed by atoms with Crippen LogP contribution in [0.2, 0.25) is 5.02 Å². The van der Waals surface area contributed by atoms with Crippen molar-refractivity contribution < 1.29 is 22.7 Å². The van der Waals surface area contributed by atoms with Crippen LogP contribution in [0.15, 0.2) is 48.5 Å².